The van der Waals surface area contributed by atoms with Crippen molar-refractivity contribution in [2.75, 3.05) is 21.3 Å². The molecule has 0 bridgehead atoms. The number of halogens is 1. The number of hydrogen-bond acceptors (Lipinski definition) is 7. The molecule has 3 aromatic rings. The van der Waals surface area contributed by atoms with Gasteiger partial charge in [0.15, 0.2) is 11.5 Å². The van der Waals surface area contributed by atoms with Crippen LogP contribution in [-0.4, -0.2) is 36.6 Å². The lowest BCUT2D eigenvalue weighted by atomic mass is 10.2. The first-order valence-corrected chi connectivity index (χ1v) is 8.24. The lowest BCUT2D eigenvalue weighted by Crippen LogP contribution is -1.95. The van der Waals surface area contributed by atoms with Gasteiger partial charge in [-0.1, -0.05) is 23.7 Å². The van der Waals surface area contributed by atoms with Gasteiger partial charge < -0.3 is 23.7 Å². The number of methoxy groups -OCH3 is 3. The first-order valence-electron chi connectivity index (χ1n) is 7.86. The van der Waals surface area contributed by atoms with Crippen LogP contribution in [-0.2, 0) is 0 Å². The summed E-state index contributed by atoms with van der Waals surface area (Å²) in [7, 11) is 4.58. The highest BCUT2D eigenvalue weighted by atomic mass is 35.5. The van der Waals surface area contributed by atoms with Crippen LogP contribution < -0.4 is 14.2 Å². The number of aromatic hydroxyl groups is 1. The largest absolute Gasteiger partial charge is 0.508 e. The van der Waals surface area contributed by atoms with Crippen molar-refractivity contribution in [1.82, 2.24) is 10.2 Å². The number of hydrogen-bond donors (Lipinski definition) is 1. The fourth-order valence-electron chi connectivity index (χ4n) is 2.42. The van der Waals surface area contributed by atoms with Crippen LogP contribution in [0, 0.1) is 0 Å². The molecule has 1 heterocycles. The zero-order chi connectivity index (χ0) is 19.4. The maximum absolute atomic E-state index is 9.34. The molecule has 27 heavy (non-hydrogen) atoms. The van der Waals surface area contributed by atoms with Crippen molar-refractivity contribution in [2.45, 2.75) is 0 Å². The maximum atomic E-state index is 9.34. The summed E-state index contributed by atoms with van der Waals surface area (Å²) in [4.78, 5) is 0. The van der Waals surface area contributed by atoms with Gasteiger partial charge in [-0.3, -0.25) is 0 Å². The Balaban J connectivity index is 1.94. The van der Waals surface area contributed by atoms with Gasteiger partial charge in [-0.05, 0) is 35.9 Å². The lowest BCUT2D eigenvalue weighted by molar-refractivity contribution is 0.324. The normalized spacial score (nSPS) is 11.3. The molecule has 0 atom stereocenters. The molecule has 0 unspecified atom stereocenters. The topological polar surface area (TPSA) is 86.8 Å². The number of aromatic nitrogens is 2. The van der Waals surface area contributed by atoms with Crippen LogP contribution in [0.1, 0.15) is 11.5 Å². The SMILES string of the molecule is COc1cc(-c2nnc(/C(Cl)=C/c3ccc(O)cc3)o2)cc(OC)c1OC. The molecule has 0 aliphatic rings. The van der Waals surface area contributed by atoms with E-state index in [2.05, 4.69) is 10.2 Å². The number of phenolic OH excluding ortho intramolecular Hbond substituents is 1. The van der Waals surface area contributed by atoms with Crippen molar-refractivity contribution in [3.8, 4) is 34.5 Å². The predicted molar refractivity (Wildman–Crippen MR) is 101 cm³/mol. The molecular weight excluding hydrogens is 372 g/mol. The Bertz CT molecular complexity index is 941. The summed E-state index contributed by atoms with van der Waals surface area (Å²) in [6, 6.07) is 9.96. The minimum Gasteiger partial charge on any atom is -0.508 e. The Morgan fingerprint density at radius 1 is 1.00 bits per heavy atom. The number of nitrogens with zero attached hydrogens (tertiary/aromatic N) is 2. The van der Waals surface area contributed by atoms with Crippen LogP contribution in [0.2, 0.25) is 0 Å². The highest BCUT2D eigenvalue weighted by Gasteiger charge is 2.18. The third-order valence-corrected chi connectivity index (χ3v) is 4.00. The quantitative estimate of drug-likeness (QED) is 0.676. The monoisotopic (exact) mass is 388 g/mol. The molecule has 8 heteroatoms. The number of phenols is 1. The Hall–Kier alpha value is -3.19. The fourth-order valence-corrected chi connectivity index (χ4v) is 2.62. The Morgan fingerprint density at radius 2 is 1.63 bits per heavy atom. The highest BCUT2D eigenvalue weighted by molar-refractivity contribution is 6.50. The van der Waals surface area contributed by atoms with Crippen LogP contribution in [0.3, 0.4) is 0 Å². The van der Waals surface area contributed by atoms with Gasteiger partial charge >= 0.3 is 0 Å². The second kappa shape index (κ2) is 8.01. The minimum atomic E-state index is 0.161. The minimum absolute atomic E-state index is 0.161. The third-order valence-electron chi connectivity index (χ3n) is 3.73. The van der Waals surface area contributed by atoms with Gasteiger partial charge in [0.2, 0.25) is 11.6 Å². The van der Waals surface area contributed by atoms with Crippen LogP contribution in [0.25, 0.3) is 22.6 Å². The average Bonchev–Trinajstić information content (AvgIpc) is 3.19. The lowest BCUT2D eigenvalue weighted by Gasteiger charge is -2.12. The molecule has 0 aliphatic heterocycles. The van der Waals surface area contributed by atoms with Crippen molar-refractivity contribution in [3.63, 3.8) is 0 Å². The van der Waals surface area contributed by atoms with Crippen molar-refractivity contribution < 1.29 is 23.7 Å². The van der Waals surface area contributed by atoms with Crippen LogP contribution in [0.5, 0.6) is 23.0 Å². The zero-order valence-electron chi connectivity index (χ0n) is 14.9. The molecule has 0 radical (unpaired) electrons. The number of ether oxygens (including phenoxy) is 3. The molecular formula is C19H17ClN2O5. The molecule has 7 nitrogen and oxygen atoms in total. The summed E-state index contributed by atoms with van der Waals surface area (Å²) in [5.74, 6) is 1.99. The number of rotatable bonds is 6. The Morgan fingerprint density at radius 3 is 2.19 bits per heavy atom. The summed E-state index contributed by atoms with van der Waals surface area (Å²) in [5, 5.41) is 17.6. The molecule has 3 rings (SSSR count). The van der Waals surface area contributed by atoms with Gasteiger partial charge in [0.1, 0.15) is 10.8 Å². The summed E-state index contributed by atoms with van der Waals surface area (Å²) >= 11 is 6.28. The van der Waals surface area contributed by atoms with Gasteiger partial charge in [0.05, 0.1) is 21.3 Å². The van der Waals surface area contributed by atoms with Crippen molar-refractivity contribution in [3.05, 3.63) is 47.9 Å². The summed E-state index contributed by atoms with van der Waals surface area (Å²) < 4.78 is 21.6. The van der Waals surface area contributed by atoms with E-state index < -0.39 is 0 Å². The van der Waals surface area contributed by atoms with Crippen molar-refractivity contribution in [2.24, 2.45) is 0 Å². The number of benzene rings is 2. The summed E-state index contributed by atoms with van der Waals surface area (Å²) in [6.45, 7) is 0. The standard InChI is InChI=1S/C19H17ClN2O5/c1-24-15-9-12(10-16(25-2)17(15)26-3)18-21-22-19(27-18)14(20)8-11-4-6-13(23)7-5-11/h4-10,23H,1-3H3/b14-8-. The predicted octanol–water partition coefficient (Wildman–Crippen LogP) is 4.20. The van der Waals surface area contributed by atoms with E-state index in [0.29, 0.717) is 22.8 Å². The Labute approximate surface area is 160 Å². The molecule has 0 aliphatic carbocycles. The molecule has 1 aromatic heterocycles. The molecule has 0 fully saturated rings. The van der Waals surface area contributed by atoms with E-state index in [9.17, 15) is 5.11 Å². The first-order chi connectivity index (χ1) is 13.0. The molecule has 0 amide bonds. The van der Waals surface area contributed by atoms with Crippen LogP contribution >= 0.6 is 11.6 Å². The van der Waals surface area contributed by atoms with Gasteiger partial charge in [-0.25, -0.2) is 0 Å². The van der Waals surface area contributed by atoms with E-state index in [1.165, 1.54) is 21.3 Å². The van der Waals surface area contributed by atoms with E-state index >= 15 is 0 Å². The van der Waals surface area contributed by atoms with E-state index in [-0.39, 0.29) is 22.6 Å². The second-order valence-corrected chi connectivity index (χ2v) is 5.82. The molecule has 0 saturated carbocycles. The second-order valence-electron chi connectivity index (χ2n) is 5.41. The van der Waals surface area contributed by atoms with E-state index in [1.54, 1.807) is 42.5 Å². The van der Waals surface area contributed by atoms with Gasteiger partial charge in [-0.2, -0.15) is 0 Å². The third kappa shape index (κ3) is 3.98. The van der Waals surface area contributed by atoms with Crippen LogP contribution in [0.15, 0.2) is 40.8 Å². The summed E-state index contributed by atoms with van der Waals surface area (Å²) in [6.07, 6.45) is 1.66. The van der Waals surface area contributed by atoms with E-state index in [4.69, 9.17) is 30.2 Å². The molecule has 140 valence electrons. The summed E-state index contributed by atoms with van der Waals surface area (Å²) in [5.41, 5.74) is 1.38. The van der Waals surface area contributed by atoms with Crippen molar-refractivity contribution >= 4 is 22.7 Å². The molecule has 2 aromatic carbocycles. The fraction of sp³-hybridized carbons (Fsp3) is 0.158. The zero-order valence-corrected chi connectivity index (χ0v) is 15.6. The maximum Gasteiger partial charge on any atom is 0.259 e. The highest BCUT2D eigenvalue weighted by Crippen LogP contribution is 2.41. The van der Waals surface area contributed by atoms with Crippen LogP contribution in [0.4, 0.5) is 0 Å². The van der Waals surface area contributed by atoms with E-state index in [0.717, 1.165) is 5.56 Å². The smallest absolute Gasteiger partial charge is 0.259 e. The van der Waals surface area contributed by atoms with Gasteiger partial charge in [-0.15, -0.1) is 10.2 Å². The Kier molecular flexibility index (Phi) is 5.52. The first kappa shape index (κ1) is 18.6. The molecule has 1 N–H and O–H groups in total. The van der Waals surface area contributed by atoms with Gasteiger partial charge in [0, 0.05) is 5.56 Å². The average molecular weight is 389 g/mol. The molecule has 0 spiro atoms. The van der Waals surface area contributed by atoms with E-state index in [1.807, 2.05) is 0 Å². The van der Waals surface area contributed by atoms with Crippen molar-refractivity contribution in [1.29, 1.82) is 0 Å². The molecule has 0 saturated heterocycles. The van der Waals surface area contributed by atoms with Gasteiger partial charge in [0.25, 0.3) is 5.89 Å².